The van der Waals surface area contributed by atoms with E-state index in [1.54, 1.807) is 38.0 Å². The summed E-state index contributed by atoms with van der Waals surface area (Å²) in [7, 11) is 1.66. The quantitative estimate of drug-likeness (QED) is 0.105. The van der Waals surface area contributed by atoms with Crippen LogP contribution in [0.2, 0.25) is 0 Å². The fraction of sp³-hybridized carbons (Fsp3) is 0.128. The first-order valence-corrected chi connectivity index (χ1v) is 19.7. The maximum absolute atomic E-state index is 10.1. The lowest BCUT2D eigenvalue weighted by molar-refractivity contribution is 0.416. The zero-order valence-corrected chi connectivity index (χ0v) is 35.3. The topological polar surface area (TPSA) is 141 Å². The molecule has 12 nitrogen and oxygen atoms in total. The molecule has 0 saturated heterocycles. The van der Waals surface area contributed by atoms with Gasteiger partial charge in [0.05, 0.1) is 65.3 Å². The Morgan fingerprint density at radius 1 is 0.600 bits per heavy atom. The van der Waals surface area contributed by atoms with Crippen LogP contribution < -0.4 is 15.4 Å². The normalized spacial score (nSPS) is 10.6. The Balaban J connectivity index is 0.000000171. The summed E-state index contributed by atoms with van der Waals surface area (Å²) in [4.78, 5) is 27.1. The summed E-state index contributed by atoms with van der Waals surface area (Å²) < 4.78 is 9.68. The first-order valence-electron chi connectivity index (χ1n) is 16.9. The molecular weight excluding hydrogens is 891 g/mol. The van der Waals surface area contributed by atoms with Gasteiger partial charge in [-0.15, -0.1) is 47.3 Å². The van der Waals surface area contributed by atoms with Crippen LogP contribution in [0, 0.1) is 27.7 Å². The Morgan fingerprint density at radius 3 is 1.55 bits per heavy atom. The number of nitrogens with one attached hydrogen (secondary N) is 2. The van der Waals surface area contributed by atoms with Crippen LogP contribution in [-0.2, 0) is 0 Å². The van der Waals surface area contributed by atoms with Crippen LogP contribution in [-0.4, -0.2) is 54.4 Å². The number of hydrogen-bond acceptors (Lipinski definition) is 10. The van der Waals surface area contributed by atoms with Gasteiger partial charge in [-0.3, -0.25) is 19.1 Å². The minimum absolute atomic E-state index is 0.177. The maximum Gasteiger partial charge on any atom is 0.369 e. The van der Waals surface area contributed by atoms with Gasteiger partial charge in [-0.1, -0.05) is 36.4 Å². The van der Waals surface area contributed by atoms with Gasteiger partial charge in [0.1, 0.15) is 23.1 Å². The first-order chi connectivity index (χ1) is 26.5. The second kappa shape index (κ2) is 17.9. The highest BCUT2D eigenvalue weighted by atomic mass is 79.9. The van der Waals surface area contributed by atoms with Crippen LogP contribution >= 0.6 is 47.3 Å². The molecule has 0 unspecified atom stereocenters. The van der Waals surface area contributed by atoms with E-state index in [0.29, 0.717) is 29.0 Å². The predicted molar refractivity (Wildman–Crippen MR) is 232 cm³/mol. The number of benzene rings is 4. The fourth-order valence-corrected chi connectivity index (χ4v) is 5.84. The van der Waals surface area contributed by atoms with E-state index in [2.05, 4.69) is 82.8 Å². The third-order valence-electron chi connectivity index (χ3n) is 8.19. The Hall–Kier alpha value is -5.32. The number of aromatic nitrogens is 8. The van der Waals surface area contributed by atoms with E-state index in [1.807, 2.05) is 116 Å². The summed E-state index contributed by atoms with van der Waals surface area (Å²) in [5.74, 6) is 5.22. The number of imidazole rings is 2. The van der Waals surface area contributed by atoms with Crippen LogP contribution in [0.25, 0.3) is 33.7 Å². The molecule has 55 heavy (non-hydrogen) atoms. The number of ether oxygens (including phenoxy) is 1. The smallest absolute Gasteiger partial charge is 0.369 e. The molecule has 0 aliphatic carbocycles. The van der Waals surface area contributed by atoms with E-state index in [4.69, 9.17) is 9.72 Å². The number of para-hydroxylation sites is 4. The first kappa shape index (κ1) is 39.4. The minimum Gasteiger partial charge on any atom is -0.506 e. The monoisotopic (exact) mass is 924 g/mol. The number of phenolic OH excluding ortho intramolecular Hbond substituents is 1. The lowest BCUT2D eigenvalue weighted by atomic mass is 10.2. The van der Waals surface area contributed by atoms with Gasteiger partial charge in [-0.05, 0) is 87.4 Å². The Labute approximate surface area is 343 Å². The molecule has 16 heteroatoms. The highest BCUT2D eigenvalue weighted by Crippen LogP contribution is 2.29. The van der Waals surface area contributed by atoms with Crippen LogP contribution in [0.4, 0.5) is 23.0 Å². The molecule has 8 rings (SSSR count). The van der Waals surface area contributed by atoms with E-state index in [1.165, 1.54) is 0 Å². The van der Waals surface area contributed by atoms with E-state index < -0.39 is 0 Å². The van der Waals surface area contributed by atoms with E-state index in [-0.39, 0.29) is 8.93 Å². The summed E-state index contributed by atoms with van der Waals surface area (Å²) in [6.07, 6.45) is 6.74. The van der Waals surface area contributed by atoms with Gasteiger partial charge in [0, 0.05) is 0 Å². The summed E-state index contributed by atoms with van der Waals surface area (Å²) in [5.41, 5.74) is 7.38. The molecule has 0 amide bonds. The average Bonchev–Trinajstić information content (AvgIpc) is 3.68. The Bertz CT molecular complexity index is 2580. The minimum atomic E-state index is 0.177. The molecule has 0 saturated carbocycles. The SMILES string of the molecule is BrB(Br)Br.COc1cc(C)ccc1Nc1cncc(-n2c(C)nc3ccccc32)n1.Cc1ccc(Nc2cncc(-n3c(C)nc4ccccc43)n2)c(O)c1. The molecule has 4 aromatic heterocycles. The lowest BCUT2D eigenvalue weighted by Gasteiger charge is -2.12. The highest BCUT2D eigenvalue weighted by molar-refractivity contribution is 9.69. The van der Waals surface area contributed by atoms with Crippen molar-refractivity contribution in [3.05, 3.63) is 132 Å². The standard InChI is InChI=1S/C20H19N5O.C19H17N5O.BBr3/c1-13-8-9-16(18(10-13)26-3)23-19-11-21-12-20(24-19)25-14(2)22-15-6-4-5-7-17(15)25;1-12-7-8-15(17(25)9-12)22-18-10-20-11-19(23-18)24-13(2)21-14-5-3-4-6-16(14)24;2-1(3)4/h4-12H,1-3H3,(H,23,24);3-11,25H,1-2H3,(H,22,23);. The third kappa shape index (κ3) is 9.68. The molecule has 278 valence electrons. The number of aryl methyl sites for hydroxylation is 4. The van der Waals surface area contributed by atoms with Crippen LogP contribution in [0.15, 0.2) is 110 Å². The van der Waals surface area contributed by atoms with Crippen molar-refractivity contribution in [2.24, 2.45) is 0 Å². The molecule has 0 spiro atoms. The molecule has 0 aliphatic rings. The van der Waals surface area contributed by atoms with Gasteiger partial charge < -0.3 is 20.5 Å². The second-order valence-corrected chi connectivity index (χ2v) is 18.6. The molecule has 0 bridgehead atoms. The van der Waals surface area contributed by atoms with Gasteiger partial charge in [0.2, 0.25) is 0 Å². The molecule has 0 atom stereocenters. The number of aromatic hydroxyl groups is 1. The predicted octanol–water partition coefficient (Wildman–Crippen LogP) is 10.2. The summed E-state index contributed by atoms with van der Waals surface area (Å²) in [6.45, 7) is 7.86. The van der Waals surface area contributed by atoms with Crippen molar-refractivity contribution in [2.45, 2.75) is 27.7 Å². The van der Waals surface area contributed by atoms with Gasteiger partial charge in [-0.2, -0.15) is 0 Å². The van der Waals surface area contributed by atoms with Crippen molar-refractivity contribution in [1.29, 1.82) is 0 Å². The number of anilines is 4. The molecule has 3 N–H and O–H groups in total. The maximum atomic E-state index is 10.1. The molecule has 0 fully saturated rings. The van der Waals surface area contributed by atoms with Crippen molar-refractivity contribution < 1.29 is 9.84 Å². The van der Waals surface area contributed by atoms with Gasteiger partial charge in [0.15, 0.2) is 23.3 Å². The highest BCUT2D eigenvalue weighted by Gasteiger charge is 2.13. The van der Waals surface area contributed by atoms with Crippen molar-refractivity contribution in [2.75, 3.05) is 17.7 Å². The molecule has 8 aromatic rings. The zero-order chi connectivity index (χ0) is 39.1. The van der Waals surface area contributed by atoms with Crippen LogP contribution in [0.3, 0.4) is 0 Å². The number of nitrogens with zero attached hydrogens (tertiary/aromatic N) is 8. The van der Waals surface area contributed by atoms with E-state index in [0.717, 1.165) is 56.3 Å². The van der Waals surface area contributed by atoms with Gasteiger partial charge in [-0.25, -0.2) is 19.9 Å². The summed E-state index contributed by atoms with van der Waals surface area (Å²) in [5, 5.41) is 16.5. The number of phenols is 1. The molecular formula is C39H36BBr3N10O2. The van der Waals surface area contributed by atoms with Crippen molar-refractivity contribution in [3.8, 4) is 23.1 Å². The van der Waals surface area contributed by atoms with E-state index >= 15 is 0 Å². The zero-order valence-electron chi connectivity index (χ0n) is 30.5. The summed E-state index contributed by atoms with van der Waals surface area (Å²) in [6, 6.07) is 27.3. The number of hydrogen-bond donors (Lipinski definition) is 3. The van der Waals surface area contributed by atoms with Gasteiger partial charge >= 0.3 is 3.18 Å². The number of halogens is 3. The number of fused-ring (bicyclic) bond motifs is 2. The largest absolute Gasteiger partial charge is 0.506 e. The van der Waals surface area contributed by atoms with Gasteiger partial charge in [0.25, 0.3) is 0 Å². The summed E-state index contributed by atoms with van der Waals surface area (Å²) >= 11 is 9.31. The fourth-order valence-electron chi connectivity index (χ4n) is 5.84. The number of rotatable bonds is 7. The Morgan fingerprint density at radius 2 is 1.05 bits per heavy atom. The molecule has 4 aromatic carbocycles. The lowest BCUT2D eigenvalue weighted by Crippen LogP contribution is -2.04. The van der Waals surface area contributed by atoms with E-state index in [9.17, 15) is 5.11 Å². The molecule has 0 aliphatic heterocycles. The third-order valence-corrected chi connectivity index (χ3v) is 8.19. The second-order valence-electron chi connectivity index (χ2n) is 12.2. The Kier molecular flexibility index (Phi) is 12.8. The van der Waals surface area contributed by atoms with Crippen LogP contribution in [0.1, 0.15) is 22.8 Å². The van der Waals surface area contributed by atoms with Crippen molar-refractivity contribution in [3.63, 3.8) is 0 Å². The van der Waals surface area contributed by atoms with Crippen molar-refractivity contribution in [1.82, 2.24) is 39.0 Å². The average molecular weight is 927 g/mol. The number of methoxy groups -OCH3 is 1. The van der Waals surface area contributed by atoms with Crippen molar-refractivity contribution >= 4 is 95.5 Å². The molecule has 0 radical (unpaired) electrons. The molecule has 4 heterocycles. The van der Waals surface area contributed by atoms with Crippen LogP contribution in [0.5, 0.6) is 11.5 Å².